The Morgan fingerprint density at radius 3 is 2.18 bits per heavy atom. The Bertz CT molecular complexity index is 2390. The molecule has 0 bridgehead atoms. The lowest BCUT2D eigenvalue weighted by molar-refractivity contribution is -0.121. The number of hydrogen-bond donors (Lipinski definition) is 4. The van der Waals surface area contributed by atoms with Crippen molar-refractivity contribution in [3.63, 3.8) is 0 Å². The fourth-order valence-corrected chi connectivity index (χ4v) is 11.8. The Labute approximate surface area is 354 Å². The number of sulfonamides is 2. The first-order valence-corrected chi connectivity index (χ1v) is 23.8. The minimum absolute atomic E-state index is 0.0510. The highest BCUT2D eigenvalue weighted by Crippen LogP contribution is 2.32. The number of fused-ring (bicyclic) bond motifs is 2. The molecule has 1 aliphatic carbocycles. The molecule has 3 fully saturated rings. The largest absolute Gasteiger partial charge is 0.328 e. The van der Waals surface area contributed by atoms with Crippen LogP contribution >= 0.6 is 0 Å². The number of carbonyl (C=O) groups is 1. The topological polar surface area (TPSA) is 193 Å². The predicted molar refractivity (Wildman–Crippen MR) is 237 cm³/mol. The lowest BCUT2D eigenvalue weighted by atomic mass is 9.79. The molecule has 0 spiro atoms. The van der Waals surface area contributed by atoms with Crippen molar-refractivity contribution in [3.8, 4) is 0 Å². The van der Waals surface area contributed by atoms with E-state index in [4.69, 9.17) is 5.73 Å². The number of pyridine rings is 3. The second-order valence-electron chi connectivity index (χ2n) is 15.9. The van der Waals surface area contributed by atoms with Gasteiger partial charge in [0.15, 0.2) is 0 Å². The fourth-order valence-electron chi connectivity index (χ4n) is 8.17. The molecule has 16 heteroatoms. The summed E-state index contributed by atoms with van der Waals surface area (Å²) in [5, 5.41) is 12.7. The van der Waals surface area contributed by atoms with Gasteiger partial charge in [-0.2, -0.15) is 8.61 Å². The van der Waals surface area contributed by atoms with Crippen LogP contribution in [-0.4, -0.2) is 104 Å². The van der Waals surface area contributed by atoms with Crippen molar-refractivity contribution < 1.29 is 21.6 Å². The van der Waals surface area contributed by atoms with Crippen LogP contribution in [0.4, 0.5) is 5.69 Å². The number of carbonyl (C=O) groups excluding carboxylic acids is 1. The highest BCUT2D eigenvalue weighted by atomic mass is 32.2. The zero-order valence-corrected chi connectivity index (χ0v) is 36.5. The summed E-state index contributed by atoms with van der Waals surface area (Å²) >= 11 is 0. The van der Waals surface area contributed by atoms with Gasteiger partial charge in [-0.15, -0.1) is 0 Å². The SMILES string of the molecule is C[C@@H](N)C1CCC(C(=O)Nc2ccncc2)CC1.Cc1cncc2cccc(S(=O)(=O)N3CCCNCC3C)c12.O=S(=O)(c1cccc2cnccc12)N1CCCNCC1. The van der Waals surface area contributed by atoms with E-state index in [9.17, 15) is 21.6 Å². The predicted octanol–water partition coefficient (Wildman–Crippen LogP) is 5.31. The summed E-state index contributed by atoms with van der Waals surface area (Å²) in [6.45, 7) is 10.7. The molecular weight excluding hydrogens is 799 g/mol. The summed E-state index contributed by atoms with van der Waals surface area (Å²) in [5.41, 5.74) is 7.61. The highest BCUT2D eigenvalue weighted by Gasteiger charge is 2.32. The molecule has 1 unspecified atom stereocenters. The molecule has 14 nitrogen and oxygen atoms in total. The summed E-state index contributed by atoms with van der Waals surface area (Å²) in [5.74, 6) is 0.840. The number of amides is 1. The Kier molecular flexibility index (Phi) is 15.7. The van der Waals surface area contributed by atoms with E-state index in [0.717, 1.165) is 84.4 Å². The molecule has 5 N–H and O–H groups in total. The standard InChI is InChI=1S/C16H21N3O2S.C14H17N3O2S.C14H21N3O/c1-12-9-18-11-14-5-3-6-15(16(12)14)22(20,21)19-8-4-7-17-10-13(19)2;18-20(19,17-9-2-6-15-8-10-17)14-4-1-3-12-11-16-7-5-13(12)14;1-10(15)11-2-4-12(5-3-11)14(18)17-13-6-8-16-9-7-13/h3,5-6,9,11,13,17H,4,7-8,10H2,1-2H3;1,3-5,7,11,15H,2,6,8-10H2;6-12H,2-5,15H2,1H3,(H,16,17,18)/t;;10-,11?,12?/m..1/s1. The van der Waals surface area contributed by atoms with Crippen molar-refractivity contribution in [2.45, 2.75) is 81.2 Å². The molecule has 2 saturated heterocycles. The summed E-state index contributed by atoms with van der Waals surface area (Å²) in [7, 11) is -6.96. The van der Waals surface area contributed by atoms with Crippen molar-refractivity contribution in [2.24, 2.45) is 17.6 Å². The first kappa shape index (κ1) is 45.1. The third-order valence-corrected chi connectivity index (χ3v) is 15.6. The molecule has 2 aromatic carbocycles. The van der Waals surface area contributed by atoms with Gasteiger partial charge in [0.25, 0.3) is 0 Å². The Balaban J connectivity index is 0.000000152. The molecule has 8 rings (SSSR count). The Morgan fingerprint density at radius 1 is 0.767 bits per heavy atom. The molecule has 2 atom stereocenters. The first-order valence-electron chi connectivity index (χ1n) is 20.9. The van der Waals surface area contributed by atoms with Gasteiger partial charge in [0, 0.05) is 115 Å². The van der Waals surface area contributed by atoms with E-state index in [0.29, 0.717) is 48.4 Å². The van der Waals surface area contributed by atoms with Crippen LogP contribution in [-0.2, 0) is 24.8 Å². The average molecular weight is 858 g/mol. The Hall–Kier alpha value is -4.42. The molecule has 2 aliphatic heterocycles. The zero-order valence-electron chi connectivity index (χ0n) is 34.8. The average Bonchev–Trinajstić information content (AvgIpc) is 3.68. The number of nitrogens with zero attached hydrogens (tertiary/aromatic N) is 5. The molecule has 3 aliphatic rings. The zero-order chi connectivity index (χ0) is 42.7. The molecular formula is C44H59N9O5S2. The van der Waals surface area contributed by atoms with Crippen molar-refractivity contribution in [1.82, 2.24) is 34.2 Å². The maximum atomic E-state index is 13.2. The minimum atomic E-state index is -3.52. The van der Waals surface area contributed by atoms with Crippen LogP contribution in [0.15, 0.2) is 102 Å². The lowest BCUT2D eigenvalue weighted by Gasteiger charge is -2.29. The Morgan fingerprint density at radius 2 is 1.43 bits per heavy atom. The molecule has 5 heterocycles. The van der Waals surface area contributed by atoms with Gasteiger partial charge in [0.05, 0.1) is 9.79 Å². The number of hydrogen-bond acceptors (Lipinski definition) is 11. The van der Waals surface area contributed by atoms with Crippen molar-refractivity contribution in [2.75, 3.05) is 51.1 Å². The molecule has 60 heavy (non-hydrogen) atoms. The van der Waals surface area contributed by atoms with E-state index < -0.39 is 20.0 Å². The molecule has 3 aromatic heterocycles. The van der Waals surface area contributed by atoms with E-state index in [1.165, 1.54) is 0 Å². The van der Waals surface area contributed by atoms with Crippen LogP contribution in [0.5, 0.6) is 0 Å². The van der Waals surface area contributed by atoms with Crippen molar-refractivity contribution in [3.05, 3.63) is 97.3 Å². The van der Waals surface area contributed by atoms with Crippen LogP contribution in [0.2, 0.25) is 0 Å². The summed E-state index contributed by atoms with van der Waals surface area (Å²) in [6, 6.07) is 16.3. The van der Waals surface area contributed by atoms with E-state index in [-0.39, 0.29) is 23.9 Å². The number of aromatic nitrogens is 3. The second kappa shape index (κ2) is 20.9. The molecule has 1 amide bonds. The quantitative estimate of drug-likeness (QED) is 0.166. The van der Waals surface area contributed by atoms with Gasteiger partial charge in [-0.1, -0.05) is 24.3 Å². The van der Waals surface area contributed by atoms with Gasteiger partial charge in [-0.3, -0.25) is 19.7 Å². The van der Waals surface area contributed by atoms with Crippen LogP contribution < -0.4 is 21.7 Å². The van der Waals surface area contributed by atoms with Gasteiger partial charge in [0.1, 0.15) is 0 Å². The smallest absolute Gasteiger partial charge is 0.243 e. The monoisotopic (exact) mass is 857 g/mol. The number of benzene rings is 2. The third-order valence-electron chi connectivity index (χ3n) is 11.6. The minimum Gasteiger partial charge on any atom is -0.328 e. The molecule has 5 aromatic rings. The van der Waals surface area contributed by atoms with Crippen molar-refractivity contribution in [1.29, 1.82) is 0 Å². The number of aryl methyl sites for hydroxylation is 1. The lowest BCUT2D eigenvalue weighted by Crippen LogP contribution is -2.41. The van der Waals surface area contributed by atoms with Gasteiger partial charge >= 0.3 is 0 Å². The number of rotatable bonds is 7. The van der Waals surface area contributed by atoms with Gasteiger partial charge in [0.2, 0.25) is 26.0 Å². The third kappa shape index (κ3) is 11.1. The van der Waals surface area contributed by atoms with Crippen molar-refractivity contribution >= 4 is 53.2 Å². The van der Waals surface area contributed by atoms with E-state index >= 15 is 0 Å². The van der Waals surface area contributed by atoms with Crippen LogP contribution in [0.3, 0.4) is 0 Å². The maximum Gasteiger partial charge on any atom is 0.243 e. The summed E-state index contributed by atoms with van der Waals surface area (Å²) < 4.78 is 55.3. The molecule has 1 saturated carbocycles. The van der Waals surface area contributed by atoms with Crippen LogP contribution in [0, 0.1) is 18.8 Å². The maximum absolute atomic E-state index is 13.2. The fraction of sp³-hybridized carbons (Fsp3) is 0.455. The first-order chi connectivity index (χ1) is 28.9. The van der Waals surface area contributed by atoms with Gasteiger partial charge < -0.3 is 21.7 Å². The summed E-state index contributed by atoms with van der Waals surface area (Å²) in [6.07, 6.45) is 15.8. The molecule has 0 radical (unpaired) electrons. The van der Waals surface area contributed by atoms with E-state index in [1.807, 2.05) is 38.1 Å². The summed E-state index contributed by atoms with van der Waals surface area (Å²) in [4.78, 5) is 25.0. The van der Waals surface area contributed by atoms with Crippen LogP contribution in [0.25, 0.3) is 21.5 Å². The number of nitrogens with two attached hydrogens (primary N) is 1. The number of anilines is 1. The highest BCUT2D eigenvalue weighted by molar-refractivity contribution is 7.89. The van der Waals surface area contributed by atoms with E-state index in [2.05, 4.69) is 37.8 Å². The number of nitrogens with one attached hydrogen (secondary N) is 3. The normalized spacial score (nSPS) is 21.3. The second-order valence-corrected chi connectivity index (χ2v) is 19.7. The van der Waals surface area contributed by atoms with E-state index in [1.54, 1.807) is 76.1 Å². The van der Waals surface area contributed by atoms with Crippen LogP contribution in [0.1, 0.15) is 57.9 Å². The van der Waals surface area contributed by atoms with Gasteiger partial charge in [-0.05, 0) is 114 Å². The van der Waals surface area contributed by atoms with Gasteiger partial charge in [-0.25, -0.2) is 16.8 Å². The molecule has 322 valence electrons.